The van der Waals surface area contributed by atoms with Crippen molar-refractivity contribution in [1.82, 2.24) is 0 Å². The summed E-state index contributed by atoms with van der Waals surface area (Å²) in [6.45, 7) is 0. The van der Waals surface area contributed by atoms with E-state index in [1.807, 2.05) is 0 Å². The van der Waals surface area contributed by atoms with Crippen LogP contribution in [-0.2, 0) is 22.2 Å². The molecule has 0 aliphatic heterocycles. The van der Waals surface area contributed by atoms with Gasteiger partial charge in [0, 0.05) is 22.2 Å². The van der Waals surface area contributed by atoms with Gasteiger partial charge in [-0.05, 0) is 0 Å². The summed E-state index contributed by atoms with van der Waals surface area (Å²) in [6, 6.07) is 0. The van der Waals surface area contributed by atoms with Crippen LogP contribution in [0.3, 0.4) is 0 Å². The monoisotopic (exact) mass is 351 g/mol. The minimum Gasteiger partial charge on any atom is -0.768 e. The molecule has 0 saturated carbocycles. The predicted octanol–water partition coefficient (Wildman–Crippen LogP) is -1.80. The van der Waals surface area contributed by atoms with Crippen molar-refractivity contribution in [2.24, 2.45) is 0 Å². The molecule has 19 heavy (non-hydrogen) atoms. The molecule has 0 saturated heterocycles. The Hall–Kier alpha value is 0.660. The Morgan fingerprint density at radius 1 is 0.632 bits per heavy atom. The second-order valence-electron chi connectivity index (χ2n) is 2.65. The van der Waals surface area contributed by atoms with E-state index in [4.69, 9.17) is 0 Å². The van der Waals surface area contributed by atoms with Crippen LogP contribution in [0.5, 0.6) is 0 Å². The maximum absolute atomic E-state index is 12.4. The predicted molar refractivity (Wildman–Crippen MR) is 37.6 cm³/mol. The Morgan fingerprint density at radius 2 is 0.789 bits per heavy atom. The molecule has 0 fully saturated rings. The number of alkyl halides is 8. The average molecular weight is 351 g/mol. The fourth-order valence-corrected chi connectivity index (χ4v) is 1.25. The third kappa shape index (κ3) is 3.29. The fraction of sp³-hybridized carbons (Fsp3) is 1.00. The van der Waals surface area contributed by atoms with Gasteiger partial charge in [-0.25, -0.2) is 0 Å². The molecule has 0 radical (unpaired) electrons. The van der Waals surface area contributed by atoms with Gasteiger partial charge in [0.15, 0.2) is 0 Å². The van der Waals surface area contributed by atoms with Crippen molar-refractivity contribution < 1.29 is 82.2 Å². The van der Waals surface area contributed by atoms with Crippen molar-refractivity contribution in [3.8, 4) is 0 Å². The zero-order chi connectivity index (χ0) is 15.2. The van der Waals surface area contributed by atoms with E-state index >= 15 is 0 Å². The van der Waals surface area contributed by atoms with Gasteiger partial charge in [0.1, 0.15) is 0 Å². The Bertz CT molecular complexity index is 351. The zero-order valence-corrected chi connectivity index (χ0v) is 12.1. The molecule has 0 N–H and O–H groups in total. The van der Waals surface area contributed by atoms with E-state index in [9.17, 15) is 52.6 Å². The molecule has 0 heterocycles. The number of rotatable bonds is 5. The Labute approximate surface area is 126 Å². The van der Waals surface area contributed by atoms with Gasteiger partial charge in [-0.15, -0.1) is 0 Å². The van der Waals surface area contributed by atoms with Crippen molar-refractivity contribution in [1.29, 1.82) is 0 Å². The molecule has 110 valence electrons. The summed E-state index contributed by atoms with van der Waals surface area (Å²) in [7, 11) is 0. The Kier molecular flexibility index (Phi) is 7.15. The van der Waals surface area contributed by atoms with Crippen LogP contribution in [0.4, 0.5) is 35.1 Å². The Balaban J connectivity index is 0. The van der Waals surface area contributed by atoms with Crippen LogP contribution in [0.2, 0.25) is 0 Å². The minimum atomic E-state index is -7.14. The van der Waals surface area contributed by atoms with Crippen LogP contribution in [-0.4, -0.2) is 39.9 Å². The summed E-state index contributed by atoms with van der Waals surface area (Å²) in [5.41, 5.74) is 0. The van der Waals surface area contributed by atoms with Crippen molar-refractivity contribution in [3.63, 3.8) is 0 Å². The summed E-state index contributed by atoms with van der Waals surface area (Å²) < 4.78 is 137. The van der Waals surface area contributed by atoms with Crippen LogP contribution in [0.15, 0.2) is 0 Å². The smallest absolute Gasteiger partial charge is 0.768 e. The molecule has 2 unspecified atom stereocenters. The molecule has 4 nitrogen and oxygen atoms in total. The number of halogens is 8. The third-order valence-electron chi connectivity index (χ3n) is 1.54. The van der Waals surface area contributed by atoms with Crippen molar-refractivity contribution >= 4 is 22.2 Å². The summed E-state index contributed by atoms with van der Waals surface area (Å²) in [5, 5.41) is -13.2. The average Bonchev–Trinajstić information content (AvgIpc) is 2.15. The van der Waals surface area contributed by atoms with Gasteiger partial charge in [0.05, 0.1) is 0 Å². The SMILES string of the molecule is O=S([O-])C(F)(F)C(F)(F)C(F)(F)C(F)(F)S(=O)[O-].[Na+]. The van der Waals surface area contributed by atoms with E-state index < -0.39 is 44.5 Å². The second-order valence-corrected chi connectivity index (χ2v) is 4.62. The van der Waals surface area contributed by atoms with E-state index in [1.54, 1.807) is 0 Å². The molecule has 0 aromatic heterocycles. The standard InChI is InChI=1S/C4H2F8O4S2.Na/c5-1(6,3(9,10)17(13)14)2(7,8)4(11,12)18(15)16;/h(H,13,14)(H,15,16);/q;+1/p-2. The van der Waals surface area contributed by atoms with Gasteiger partial charge in [-0.2, -0.15) is 35.1 Å². The number of hydrogen-bond acceptors (Lipinski definition) is 4. The molecule has 15 heteroatoms. The van der Waals surface area contributed by atoms with E-state index in [0.717, 1.165) is 0 Å². The maximum Gasteiger partial charge on any atom is 1.00 e. The van der Waals surface area contributed by atoms with Crippen LogP contribution in [0.25, 0.3) is 0 Å². The van der Waals surface area contributed by atoms with Crippen LogP contribution in [0, 0.1) is 0 Å². The molecular formula is C4F8NaO4S2-. The molecule has 2 atom stereocenters. The van der Waals surface area contributed by atoms with Gasteiger partial charge in [0.25, 0.3) is 0 Å². The van der Waals surface area contributed by atoms with E-state index in [2.05, 4.69) is 0 Å². The van der Waals surface area contributed by atoms with Crippen molar-refractivity contribution in [2.75, 3.05) is 0 Å². The van der Waals surface area contributed by atoms with Gasteiger partial charge >= 0.3 is 51.9 Å². The summed E-state index contributed by atoms with van der Waals surface area (Å²) in [5.74, 6) is -14.3. The van der Waals surface area contributed by atoms with Gasteiger partial charge in [-0.3, -0.25) is 8.42 Å². The molecule has 0 amide bonds. The van der Waals surface area contributed by atoms with Gasteiger partial charge < -0.3 is 9.11 Å². The first-order chi connectivity index (χ1) is 7.64. The van der Waals surface area contributed by atoms with E-state index in [0.29, 0.717) is 0 Å². The van der Waals surface area contributed by atoms with Crippen molar-refractivity contribution in [2.45, 2.75) is 22.4 Å². The fourth-order valence-electron chi connectivity index (χ4n) is 0.575. The van der Waals surface area contributed by atoms with Crippen LogP contribution >= 0.6 is 0 Å². The largest absolute Gasteiger partial charge is 1.00 e. The molecule has 0 bridgehead atoms. The molecular weight excluding hydrogens is 351 g/mol. The van der Waals surface area contributed by atoms with E-state index in [-0.39, 0.29) is 29.6 Å². The molecule has 0 spiro atoms. The van der Waals surface area contributed by atoms with Gasteiger partial charge in [-0.1, -0.05) is 0 Å². The third-order valence-corrected chi connectivity index (χ3v) is 2.89. The first-order valence-corrected chi connectivity index (χ1v) is 5.49. The van der Waals surface area contributed by atoms with Crippen LogP contribution in [0.1, 0.15) is 0 Å². The normalized spacial score (nSPS) is 17.6. The molecule has 0 aromatic rings. The molecule has 0 aliphatic carbocycles. The summed E-state index contributed by atoms with van der Waals surface area (Å²) in [4.78, 5) is 0. The molecule has 0 aromatic carbocycles. The molecule has 0 rings (SSSR count). The summed E-state index contributed by atoms with van der Waals surface area (Å²) in [6.07, 6.45) is 0. The second kappa shape index (κ2) is 6.19. The molecule has 0 aliphatic rings. The van der Waals surface area contributed by atoms with E-state index in [1.165, 1.54) is 0 Å². The summed E-state index contributed by atoms with van der Waals surface area (Å²) >= 11 is -10.4. The van der Waals surface area contributed by atoms with Crippen LogP contribution < -0.4 is 29.6 Å². The number of hydrogen-bond donors (Lipinski definition) is 0. The maximum atomic E-state index is 12.4. The first-order valence-electron chi connectivity index (χ1n) is 3.34. The topological polar surface area (TPSA) is 80.3 Å². The zero-order valence-electron chi connectivity index (χ0n) is 8.47. The van der Waals surface area contributed by atoms with Gasteiger partial charge in [0.2, 0.25) is 0 Å². The first kappa shape index (κ1) is 21.9. The Morgan fingerprint density at radius 3 is 0.895 bits per heavy atom. The quantitative estimate of drug-likeness (QED) is 0.333. The van der Waals surface area contributed by atoms with Crippen molar-refractivity contribution in [3.05, 3.63) is 0 Å². The minimum absolute atomic E-state index is 0.